The fraction of sp³-hybridized carbons (Fsp3) is 0.208. The van der Waals surface area contributed by atoms with Crippen molar-refractivity contribution in [3.8, 4) is 23.0 Å². The van der Waals surface area contributed by atoms with Gasteiger partial charge in [0.25, 0.3) is 5.91 Å². The first-order valence-corrected chi connectivity index (χ1v) is 9.57. The standard InChI is InChI=1S/C24H23NO5/c1-27-18-12-10-17(11-13-18)25-22(16-9-14-20(28-2)21(15-16)29-3)23(24(25)26)30-19-7-5-4-6-8-19/h4-15,22-23H,1-3H3/t22-,23+/m1/s1. The van der Waals surface area contributed by atoms with Crippen molar-refractivity contribution in [2.45, 2.75) is 12.1 Å². The topological polar surface area (TPSA) is 57.2 Å². The second-order valence-electron chi connectivity index (χ2n) is 6.82. The van der Waals surface area contributed by atoms with E-state index < -0.39 is 6.10 Å². The fourth-order valence-electron chi connectivity index (χ4n) is 3.61. The van der Waals surface area contributed by atoms with Crippen molar-refractivity contribution in [2.75, 3.05) is 26.2 Å². The minimum Gasteiger partial charge on any atom is -0.497 e. The first-order valence-electron chi connectivity index (χ1n) is 9.57. The number of methoxy groups -OCH3 is 3. The number of β-lactam (4-membered cyclic amide) rings is 1. The number of carbonyl (C=O) groups excluding carboxylic acids is 1. The van der Waals surface area contributed by atoms with Crippen molar-refractivity contribution >= 4 is 11.6 Å². The number of rotatable bonds is 7. The van der Waals surface area contributed by atoms with Gasteiger partial charge in [-0.3, -0.25) is 9.69 Å². The summed E-state index contributed by atoms with van der Waals surface area (Å²) in [5.41, 5.74) is 1.66. The molecular formula is C24H23NO5. The predicted molar refractivity (Wildman–Crippen MR) is 114 cm³/mol. The molecule has 3 aromatic carbocycles. The molecule has 2 atom stereocenters. The van der Waals surface area contributed by atoms with Gasteiger partial charge in [0.15, 0.2) is 11.5 Å². The third-order valence-corrected chi connectivity index (χ3v) is 5.15. The molecular weight excluding hydrogens is 382 g/mol. The van der Waals surface area contributed by atoms with E-state index >= 15 is 0 Å². The molecule has 0 saturated carbocycles. The van der Waals surface area contributed by atoms with Crippen LogP contribution in [-0.2, 0) is 4.79 Å². The molecule has 1 aliphatic rings. The van der Waals surface area contributed by atoms with Crippen molar-refractivity contribution < 1.29 is 23.7 Å². The molecule has 154 valence electrons. The summed E-state index contributed by atoms with van der Waals surface area (Å²) in [4.78, 5) is 14.8. The van der Waals surface area contributed by atoms with Gasteiger partial charge in [-0.1, -0.05) is 24.3 Å². The Morgan fingerprint density at radius 3 is 2.07 bits per heavy atom. The lowest BCUT2D eigenvalue weighted by Gasteiger charge is -2.46. The number of ether oxygens (including phenoxy) is 4. The van der Waals surface area contributed by atoms with Crippen molar-refractivity contribution in [1.29, 1.82) is 0 Å². The van der Waals surface area contributed by atoms with E-state index in [9.17, 15) is 4.79 Å². The highest BCUT2D eigenvalue weighted by molar-refractivity contribution is 6.05. The lowest BCUT2D eigenvalue weighted by molar-refractivity contribution is -0.135. The van der Waals surface area contributed by atoms with E-state index in [0.717, 1.165) is 17.0 Å². The first kappa shape index (κ1) is 19.6. The van der Waals surface area contributed by atoms with Crippen LogP contribution in [0.5, 0.6) is 23.0 Å². The summed E-state index contributed by atoms with van der Waals surface area (Å²) >= 11 is 0. The molecule has 3 aromatic rings. The average molecular weight is 405 g/mol. The van der Waals surface area contributed by atoms with Crippen LogP contribution in [0.15, 0.2) is 72.8 Å². The van der Waals surface area contributed by atoms with Gasteiger partial charge in [-0.15, -0.1) is 0 Å². The summed E-state index contributed by atoms with van der Waals surface area (Å²) in [5.74, 6) is 2.50. The van der Waals surface area contributed by atoms with Gasteiger partial charge in [-0.25, -0.2) is 0 Å². The Balaban J connectivity index is 1.71. The molecule has 1 heterocycles. The number of carbonyl (C=O) groups is 1. The Kier molecular flexibility index (Phi) is 5.48. The van der Waals surface area contributed by atoms with E-state index in [1.165, 1.54) is 0 Å². The van der Waals surface area contributed by atoms with E-state index in [-0.39, 0.29) is 11.9 Å². The van der Waals surface area contributed by atoms with Gasteiger partial charge in [0, 0.05) is 5.69 Å². The maximum atomic E-state index is 13.1. The van der Waals surface area contributed by atoms with Crippen LogP contribution in [0, 0.1) is 0 Å². The van der Waals surface area contributed by atoms with Crippen LogP contribution < -0.4 is 23.8 Å². The lowest BCUT2D eigenvalue weighted by atomic mass is 9.89. The Morgan fingerprint density at radius 1 is 0.733 bits per heavy atom. The van der Waals surface area contributed by atoms with Gasteiger partial charge in [0.05, 0.1) is 21.3 Å². The summed E-state index contributed by atoms with van der Waals surface area (Å²) in [7, 11) is 4.79. The highest BCUT2D eigenvalue weighted by atomic mass is 16.5. The molecule has 4 rings (SSSR count). The summed E-state index contributed by atoms with van der Waals surface area (Å²) in [6.07, 6.45) is -0.646. The molecule has 1 aliphatic heterocycles. The van der Waals surface area contributed by atoms with Crippen LogP contribution in [-0.4, -0.2) is 33.3 Å². The van der Waals surface area contributed by atoms with Crippen LogP contribution in [0.4, 0.5) is 5.69 Å². The minimum atomic E-state index is -0.646. The molecule has 0 N–H and O–H groups in total. The Labute approximate surface area is 175 Å². The van der Waals surface area contributed by atoms with Gasteiger partial charge in [-0.05, 0) is 54.1 Å². The zero-order valence-electron chi connectivity index (χ0n) is 17.1. The van der Waals surface area contributed by atoms with Crippen molar-refractivity contribution in [3.63, 3.8) is 0 Å². The van der Waals surface area contributed by atoms with Crippen LogP contribution in [0.1, 0.15) is 11.6 Å². The van der Waals surface area contributed by atoms with Crippen molar-refractivity contribution in [1.82, 2.24) is 0 Å². The molecule has 1 amide bonds. The second-order valence-corrected chi connectivity index (χ2v) is 6.82. The second kappa shape index (κ2) is 8.37. The largest absolute Gasteiger partial charge is 0.497 e. The monoisotopic (exact) mass is 405 g/mol. The van der Waals surface area contributed by atoms with Crippen molar-refractivity contribution in [2.24, 2.45) is 0 Å². The zero-order chi connectivity index (χ0) is 21.1. The van der Waals surface area contributed by atoms with Gasteiger partial charge < -0.3 is 18.9 Å². The summed E-state index contributed by atoms with van der Waals surface area (Å²) in [6.45, 7) is 0. The molecule has 0 spiro atoms. The van der Waals surface area contributed by atoms with E-state index in [4.69, 9.17) is 18.9 Å². The number of anilines is 1. The maximum Gasteiger partial charge on any atom is 0.271 e. The van der Waals surface area contributed by atoms with E-state index in [0.29, 0.717) is 17.2 Å². The molecule has 6 heteroatoms. The van der Waals surface area contributed by atoms with Crippen LogP contribution in [0.3, 0.4) is 0 Å². The number of amides is 1. The molecule has 0 bridgehead atoms. The number of benzene rings is 3. The third kappa shape index (κ3) is 3.52. The molecule has 6 nitrogen and oxygen atoms in total. The number of nitrogens with zero attached hydrogens (tertiary/aromatic N) is 1. The molecule has 30 heavy (non-hydrogen) atoms. The highest BCUT2D eigenvalue weighted by Crippen LogP contribution is 2.43. The fourth-order valence-corrected chi connectivity index (χ4v) is 3.61. The number of para-hydroxylation sites is 1. The van der Waals surface area contributed by atoms with Crippen LogP contribution in [0.25, 0.3) is 0 Å². The third-order valence-electron chi connectivity index (χ3n) is 5.15. The molecule has 1 fully saturated rings. The molecule has 1 saturated heterocycles. The Hall–Kier alpha value is -3.67. The van der Waals surface area contributed by atoms with Crippen LogP contribution >= 0.6 is 0 Å². The number of hydrogen-bond donors (Lipinski definition) is 0. The lowest BCUT2D eigenvalue weighted by Crippen LogP contribution is -2.61. The van der Waals surface area contributed by atoms with E-state index in [1.54, 1.807) is 26.2 Å². The van der Waals surface area contributed by atoms with E-state index in [1.807, 2.05) is 72.8 Å². The van der Waals surface area contributed by atoms with E-state index in [2.05, 4.69) is 0 Å². The van der Waals surface area contributed by atoms with Gasteiger partial charge in [-0.2, -0.15) is 0 Å². The minimum absolute atomic E-state index is 0.108. The maximum absolute atomic E-state index is 13.1. The summed E-state index contributed by atoms with van der Waals surface area (Å²) in [5, 5.41) is 0. The van der Waals surface area contributed by atoms with Gasteiger partial charge >= 0.3 is 0 Å². The molecule has 0 aromatic heterocycles. The average Bonchev–Trinajstić information content (AvgIpc) is 2.81. The highest BCUT2D eigenvalue weighted by Gasteiger charge is 2.51. The normalized spacial score (nSPS) is 17.8. The quantitative estimate of drug-likeness (QED) is 0.550. The van der Waals surface area contributed by atoms with Crippen LogP contribution in [0.2, 0.25) is 0 Å². The predicted octanol–water partition coefficient (Wildman–Crippen LogP) is 4.25. The smallest absolute Gasteiger partial charge is 0.271 e. The molecule has 0 aliphatic carbocycles. The Bertz CT molecular complexity index is 1020. The zero-order valence-corrected chi connectivity index (χ0v) is 17.1. The Morgan fingerprint density at radius 2 is 1.43 bits per heavy atom. The molecule has 0 unspecified atom stereocenters. The SMILES string of the molecule is COc1ccc(N2C(=O)[C@@H](Oc3ccccc3)[C@H]2c2ccc(OC)c(OC)c2)cc1. The first-order chi connectivity index (χ1) is 14.7. The summed E-state index contributed by atoms with van der Waals surface area (Å²) < 4.78 is 22.1. The van der Waals surface area contributed by atoms with Gasteiger partial charge in [0.1, 0.15) is 17.5 Å². The molecule has 0 radical (unpaired) electrons. The van der Waals surface area contributed by atoms with Gasteiger partial charge in [0.2, 0.25) is 6.10 Å². The van der Waals surface area contributed by atoms with Crippen molar-refractivity contribution in [3.05, 3.63) is 78.4 Å². The summed E-state index contributed by atoms with van der Waals surface area (Å²) in [6, 6.07) is 22.1. The number of hydrogen-bond acceptors (Lipinski definition) is 5.